The molecule has 2 aliphatic rings. The van der Waals surface area contributed by atoms with Gasteiger partial charge in [0.25, 0.3) is 0 Å². The predicted octanol–water partition coefficient (Wildman–Crippen LogP) is 3.61. The number of ketones is 1. The van der Waals surface area contributed by atoms with Crippen LogP contribution in [0.4, 0.5) is 15.0 Å². The largest absolute Gasteiger partial charge is 0.469 e. The number of carbonyl (C=O) groups is 2. The van der Waals surface area contributed by atoms with Crippen LogP contribution in [-0.2, 0) is 6.54 Å². The highest BCUT2D eigenvalue weighted by Crippen LogP contribution is 2.42. The Morgan fingerprint density at radius 2 is 2.00 bits per heavy atom. The third kappa shape index (κ3) is 3.07. The lowest BCUT2D eigenvalue weighted by molar-refractivity contribution is 0.0805. The van der Waals surface area contributed by atoms with Gasteiger partial charge >= 0.3 is 6.03 Å². The summed E-state index contributed by atoms with van der Waals surface area (Å²) in [6, 6.07) is 8.43. The number of anilines is 1. The minimum atomic E-state index is -0.858. The van der Waals surface area contributed by atoms with Gasteiger partial charge in [0, 0.05) is 37.2 Å². The van der Waals surface area contributed by atoms with Crippen molar-refractivity contribution < 1.29 is 18.5 Å². The van der Waals surface area contributed by atoms with Gasteiger partial charge in [-0.1, -0.05) is 16.6 Å². The molecule has 1 saturated heterocycles. The number of urea groups is 1. The predicted molar refractivity (Wildman–Crippen MR) is 98.2 cm³/mol. The average Bonchev–Trinajstić information content (AvgIpc) is 3.10. The summed E-state index contributed by atoms with van der Waals surface area (Å²) in [4.78, 5) is 26.6. The zero-order valence-corrected chi connectivity index (χ0v) is 15.2. The van der Waals surface area contributed by atoms with Crippen molar-refractivity contribution in [2.45, 2.75) is 38.3 Å². The number of amides is 2. The van der Waals surface area contributed by atoms with Crippen LogP contribution in [0.25, 0.3) is 0 Å². The normalized spacial score (nSPS) is 18.5. The lowest BCUT2D eigenvalue weighted by Gasteiger charge is -2.47. The van der Waals surface area contributed by atoms with Gasteiger partial charge in [-0.05, 0) is 38.0 Å². The number of aryl methyl sites for hydroxylation is 1. The van der Waals surface area contributed by atoms with Gasteiger partial charge in [0.05, 0.1) is 17.5 Å². The number of benzene rings is 1. The van der Waals surface area contributed by atoms with Crippen molar-refractivity contribution in [2.75, 3.05) is 18.2 Å². The summed E-state index contributed by atoms with van der Waals surface area (Å²) in [5.41, 5.74) is 0.841. The molecular weight excluding hydrogens is 349 g/mol. The first-order chi connectivity index (χ1) is 13.0. The van der Waals surface area contributed by atoms with Crippen LogP contribution in [0, 0.1) is 6.92 Å². The highest BCUT2D eigenvalue weighted by atomic mass is 19.2. The fourth-order valence-corrected chi connectivity index (χ4v) is 3.98. The number of para-hydroxylation sites is 1. The maximum absolute atomic E-state index is 15.1. The number of furan rings is 1. The van der Waals surface area contributed by atoms with Crippen molar-refractivity contribution in [1.29, 1.82) is 0 Å². The van der Waals surface area contributed by atoms with E-state index in [1.54, 1.807) is 35.4 Å². The number of likely N-dealkylation sites (tertiary alicyclic amines) is 1. The van der Waals surface area contributed by atoms with Crippen molar-refractivity contribution in [3.63, 3.8) is 0 Å². The van der Waals surface area contributed by atoms with Crippen molar-refractivity contribution in [3.05, 3.63) is 53.5 Å². The van der Waals surface area contributed by atoms with Crippen molar-refractivity contribution in [1.82, 2.24) is 10.2 Å². The summed E-state index contributed by atoms with van der Waals surface area (Å²) in [7, 11) is 0. The number of nitrogens with one attached hydrogen (secondary N) is 1. The smallest absolute Gasteiger partial charge is 0.317 e. The summed E-state index contributed by atoms with van der Waals surface area (Å²) >= 11 is 0. The van der Waals surface area contributed by atoms with E-state index in [0.717, 1.165) is 16.4 Å². The zero-order chi connectivity index (χ0) is 19.0. The minimum absolute atomic E-state index is 0.0344. The van der Waals surface area contributed by atoms with Gasteiger partial charge in [-0.3, -0.25) is 4.79 Å². The molecule has 0 atom stereocenters. The number of nitrogens with zero attached hydrogens (tertiary/aromatic N) is 2. The standard InChI is InChI=1S/C20H22FN3O3/c1-14-15(6-11-27-14)13-22-19(26)23-9-7-20(8-10-23)12-18(25)16-4-2-3-5-17(16)24(20)21/h2-6,11H,7-10,12-13H2,1H3,(H,22,26). The molecule has 2 aliphatic heterocycles. The number of hydrogen-bond donors (Lipinski definition) is 1. The van der Waals surface area contributed by atoms with Gasteiger partial charge in [-0.2, -0.15) is 0 Å². The SMILES string of the molecule is Cc1occc1CNC(=O)N1CCC2(CC1)CC(=O)c1ccccc1N2F. The van der Waals surface area contributed by atoms with Crippen LogP contribution in [0.3, 0.4) is 0 Å². The van der Waals surface area contributed by atoms with E-state index >= 15 is 4.48 Å². The Bertz CT molecular complexity index is 871. The van der Waals surface area contributed by atoms with E-state index < -0.39 is 5.54 Å². The Labute approximate surface area is 156 Å². The van der Waals surface area contributed by atoms with E-state index in [1.165, 1.54) is 0 Å². The average molecular weight is 371 g/mol. The van der Waals surface area contributed by atoms with Crippen LogP contribution in [0.1, 0.15) is 40.9 Å². The number of rotatable bonds is 2. The number of carbonyl (C=O) groups excluding carboxylic acids is 2. The molecule has 6 nitrogen and oxygen atoms in total. The van der Waals surface area contributed by atoms with Gasteiger partial charge in [-0.25, -0.2) is 9.92 Å². The maximum atomic E-state index is 15.1. The summed E-state index contributed by atoms with van der Waals surface area (Å²) < 4.78 is 20.4. The number of fused-ring (bicyclic) bond motifs is 1. The topological polar surface area (TPSA) is 65.8 Å². The number of halogens is 1. The minimum Gasteiger partial charge on any atom is -0.469 e. The molecule has 0 unspecified atom stereocenters. The van der Waals surface area contributed by atoms with E-state index in [4.69, 9.17) is 4.42 Å². The van der Waals surface area contributed by atoms with Crippen molar-refractivity contribution in [3.8, 4) is 0 Å². The molecule has 0 radical (unpaired) electrons. The molecule has 0 saturated carbocycles. The van der Waals surface area contributed by atoms with E-state index in [2.05, 4.69) is 5.32 Å². The molecule has 1 spiro atoms. The Kier molecular flexibility index (Phi) is 4.37. The van der Waals surface area contributed by atoms with E-state index in [9.17, 15) is 9.59 Å². The summed E-state index contributed by atoms with van der Waals surface area (Å²) in [6.07, 6.45) is 2.57. The number of piperidine rings is 1. The number of hydrogen-bond acceptors (Lipinski definition) is 4. The van der Waals surface area contributed by atoms with Gasteiger partial charge < -0.3 is 14.6 Å². The Morgan fingerprint density at radius 3 is 2.70 bits per heavy atom. The second-order valence-electron chi connectivity index (χ2n) is 7.27. The first-order valence-corrected chi connectivity index (χ1v) is 9.14. The zero-order valence-electron chi connectivity index (χ0n) is 15.2. The molecule has 0 aliphatic carbocycles. The molecule has 142 valence electrons. The Balaban J connectivity index is 1.40. The number of Topliss-reactive ketones (excluding diaryl/α,β-unsaturated/α-hetero) is 1. The van der Waals surface area contributed by atoms with Gasteiger partial charge in [-0.15, -0.1) is 0 Å². The molecule has 1 fully saturated rings. The van der Waals surface area contributed by atoms with E-state index in [1.807, 2.05) is 13.0 Å². The Morgan fingerprint density at radius 1 is 1.26 bits per heavy atom. The molecule has 1 aromatic heterocycles. The molecular formula is C20H22FN3O3. The highest BCUT2D eigenvalue weighted by molar-refractivity contribution is 6.04. The van der Waals surface area contributed by atoms with Crippen LogP contribution < -0.4 is 10.4 Å². The summed E-state index contributed by atoms with van der Waals surface area (Å²) in [5, 5.41) is 3.63. The third-order valence-electron chi connectivity index (χ3n) is 5.70. The maximum Gasteiger partial charge on any atom is 0.317 e. The molecule has 4 rings (SSSR count). The molecule has 2 amide bonds. The van der Waals surface area contributed by atoms with Gasteiger partial charge in [0.1, 0.15) is 5.76 Å². The summed E-state index contributed by atoms with van der Waals surface area (Å²) in [5.74, 6) is 0.744. The second-order valence-corrected chi connectivity index (χ2v) is 7.27. The highest BCUT2D eigenvalue weighted by Gasteiger charge is 2.47. The molecule has 1 N–H and O–H groups in total. The molecule has 7 heteroatoms. The lowest BCUT2D eigenvalue weighted by Crippen LogP contribution is -2.57. The van der Waals surface area contributed by atoms with Crippen LogP contribution in [-0.4, -0.2) is 35.3 Å². The third-order valence-corrected chi connectivity index (χ3v) is 5.70. The molecule has 1 aromatic carbocycles. The fraction of sp³-hybridized carbons (Fsp3) is 0.400. The van der Waals surface area contributed by atoms with Crippen molar-refractivity contribution >= 4 is 17.5 Å². The van der Waals surface area contributed by atoms with Crippen LogP contribution in [0.15, 0.2) is 41.0 Å². The van der Waals surface area contributed by atoms with E-state index in [-0.39, 0.29) is 18.2 Å². The quantitative estimate of drug-likeness (QED) is 0.819. The van der Waals surface area contributed by atoms with E-state index in [0.29, 0.717) is 43.7 Å². The molecule has 3 heterocycles. The fourth-order valence-electron chi connectivity index (χ4n) is 3.98. The monoisotopic (exact) mass is 371 g/mol. The Hall–Kier alpha value is -2.83. The van der Waals surface area contributed by atoms with Crippen LogP contribution in [0.5, 0.6) is 0 Å². The van der Waals surface area contributed by atoms with Crippen LogP contribution in [0.2, 0.25) is 0 Å². The first kappa shape index (κ1) is 17.6. The molecule has 27 heavy (non-hydrogen) atoms. The van der Waals surface area contributed by atoms with Crippen LogP contribution >= 0.6 is 0 Å². The van der Waals surface area contributed by atoms with Gasteiger partial charge in [0.2, 0.25) is 0 Å². The van der Waals surface area contributed by atoms with Gasteiger partial charge in [0.15, 0.2) is 5.78 Å². The molecule has 0 bridgehead atoms. The summed E-state index contributed by atoms with van der Waals surface area (Å²) in [6.45, 7) is 3.06. The lowest BCUT2D eigenvalue weighted by atomic mass is 9.78. The first-order valence-electron chi connectivity index (χ1n) is 9.14. The molecule has 2 aromatic rings. The van der Waals surface area contributed by atoms with Crippen molar-refractivity contribution in [2.24, 2.45) is 0 Å². The second kappa shape index (κ2) is 6.72.